The summed E-state index contributed by atoms with van der Waals surface area (Å²) in [5.74, 6) is 0.795. The quantitative estimate of drug-likeness (QED) is 0.689. The van der Waals surface area contributed by atoms with Crippen molar-refractivity contribution in [2.45, 2.75) is 19.8 Å². The first kappa shape index (κ1) is 9.38. The van der Waals surface area contributed by atoms with Crippen molar-refractivity contribution >= 4 is 11.4 Å². The highest BCUT2D eigenvalue weighted by atomic mass is 15.1. The molecule has 1 heterocycles. The van der Waals surface area contributed by atoms with Crippen molar-refractivity contribution in [3.05, 3.63) is 24.3 Å². The molecule has 14 heavy (non-hydrogen) atoms. The number of nitrogen functional groups attached to an aromatic ring is 1. The zero-order valence-electron chi connectivity index (χ0n) is 8.74. The van der Waals surface area contributed by atoms with Crippen molar-refractivity contribution in [3.8, 4) is 0 Å². The minimum absolute atomic E-state index is 0.795. The Morgan fingerprint density at radius 3 is 2.86 bits per heavy atom. The predicted octanol–water partition coefficient (Wildman–Crippen LogP) is 2.51. The predicted molar refractivity (Wildman–Crippen MR) is 61.5 cm³/mol. The van der Waals surface area contributed by atoms with Gasteiger partial charge in [-0.2, -0.15) is 0 Å². The molecule has 1 unspecified atom stereocenters. The molecule has 0 aliphatic carbocycles. The standard InChI is InChI=1S/C12H18N2/c1-10-5-4-8-14(9-10)12-7-3-2-6-11(12)13/h2-3,6-7,10H,4-5,8-9,13H2,1H3. The number of hydrogen-bond acceptors (Lipinski definition) is 2. The Morgan fingerprint density at radius 1 is 1.36 bits per heavy atom. The lowest BCUT2D eigenvalue weighted by Gasteiger charge is -2.33. The fourth-order valence-corrected chi connectivity index (χ4v) is 2.18. The Kier molecular flexibility index (Phi) is 2.62. The van der Waals surface area contributed by atoms with E-state index in [1.165, 1.54) is 18.5 Å². The van der Waals surface area contributed by atoms with E-state index in [9.17, 15) is 0 Å². The number of hydrogen-bond donors (Lipinski definition) is 1. The molecule has 0 aromatic heterocycles. The molecule has 1 aliphatic rings. The lowest BCUT2D eigenvalue weighted by molar-refractivity contribution is 0.447. The van der Waals surface area contributed by atoms with Crippen LogP contribution in [-0.4, -0.2) is 13.1 Å². The second kappa shape index (κ2) is 3.91. The second-order valence-corrected chi connectivity index (χ2v) is 4.25. The lowest BCUT2D eigenvalue weighted by atomic mass is 9.99. The topological polar surface area (TPSA) is 29.3 Å². The van der Waals surface area contributed by atoms with Crippen molar-refractivity contribution in [1.82, 2.24) is 0 Å². The molecule has 1 aromatic rings. The summed E-state index contributed by atoms with van der Waals surface area (Å²) in [5, 5.41) is 0. The fraction of sp³-hybridized carbons (Fsp3) is 0.500. The molecule has 0 radical (unpaired) electrons. The summed E-state index contributed by atoms with van der Waals surface area (Å²) in [5.41, 5.74) is 8.07. The van der Waals surface area contributed by atoms with Gasteiger partial charge in [-0.05, 0) is 30.9 Å². The van der Waals surface area contributed by atoms with Gasteiger partial charge in [0.1, 0.15) is 0 Å². The highest BCUT2D eigenvalue weighted by Crippen LogP contribution is 2.27. The molecule has 0 saturated carbocycles. The molecule has 2 heteroatoms. The Bertz CT molecular complexity index is 309. The third-order valence-corrected chi connectivity index (χ3v) is 2.93. The van der Waals surface area contributed by atoms with Crippen LogP contribution in [0.5, 0.6) is 0 Å². The number of benzene rings is 1. The van der Waals surface area contributed by atoms with Crippen LogP contribution in [0.3, 0.4) is 0 Å². The van der Waals surface area contributed by atoms with Gasteiger partial charge >= 0.3 is 0 Å². The maximum atomic E-state index is 5.96. The van der Waals surface area contributed by atoms with E-state index < -0.39 is 0 Å². The van der Waals surface area contributed by atoms with Gasteiger partial charge in [0.25, 0.3) is 0 Å². The van der Waals surface area contributed by atoms with Crippen LogP contribution in [0.4, 0.5) is 11.4 Å². The lowest BCUT2D eigenvalue weighted by Crippen LogP contribution is -2.34. The molecule has 1 atom stereocenters. The van der Waals surface area contributed by atoms with Gasteiger partial charge in [-0.15, -0.1) is 0 Å². The largest absolute Gasteiger partial charge is 0.397 e. The molecule has 1 saturated heterocycles. The third-order valence-electron chi connectivity index (χ3n) is 2.93. The van der Waals surface area contributed by atoms with Crippen LogP contribution in [0.1, 0.15) is 19.8 Å². The van der Waals surface area contributed by atoms with Gasteiger partial charge in [0, 0.05) is 13.1 Å². The fourth-order valence-electron chi connectivity index (χ4n) is 2.18. The number of nitrogens with two attached hydrogens (primary N) is 1. The first-order chi connectivity index (χ1) is 6.77. The average molecular weight is 190 g/mol. The van der Waals surface area contributed by atoms with Crippen molar-refractivity contribution in [2.24, 2.45) is 5.92 Å². The molecular weight excluding hydrogens is 172 g/mol. The van der Waals surface area contributed by atoms with Crippen LogP contribution >= 0.6 is 0 Å². The summed E-state index contributed by atoms with van der Waals surface area (Å²) in [6.45, 7) is 4.61. The highest BCUT2D eigenvalue weighted by Gasteiger charge is 2.17. The van der Waals surface area contributed by atoms with Crippen molar-refractivity contribution in [1.29, 1.82) is 0 Å². The number of piperidine rings is 1. The molecule has 0 spiro atoms. The smallest absolute Gasteiger partial charge is 0.0600 e. The molecule has 1 aliphatic heterocycles. The van der Waals surface area contributed by atoms with E-state index in [-0.39, 0.29) is 0 Å². The van der Waals surface area contributed by atoms with Crippen LogP contribution in [0.25, 0.3) is 0 Å². The van der Waals surface area contributed by atoms with E-state index in [2.05, 4.69) is 24.0 Å². The maximum absolute atomic E-state index is 5.96. The van der Waals surface area contributed by atoms with Gasteiger partial charge in [-0.1, -0.05) is 19.1 Å². The van der Waals surface area contributed by atoms with Crippen LogP contribution in [0.15, 0.2) is 24.3 Å². The molecule has 2 N–H and O–H groups in total. The molecule has 76 valence electrons. The molecule has 0 bridgehead atoms. The Labute approximate surface area is 85.7 Å². The second-order valence-electron chi connectivity index (χ2n) is 4.25. The van der Waals surface area contributed by atoms with Crippen molar-refractivity contribution in [3.63, 3.8) is 0 Å². The van der Waals surface area contributed by atoms with Gasteiger partial charge in [-0.25, -0.2) is 0 Å². The molecule has 0 amide bonds. The van der Waals surface area contributed by atoms with E-state index in [1.54, 1.807) is 0 Å². The Balaban J connectivity index is 2.18. The Hall–Kier alpha value is -1.18. The summed E-state index contributed by atoms with van der Waals surface area (Å²) in [6, 6.07) is 8.15. The molecule has 2 nitrogen and oxygen atoms in total. The summed E-state index contributed by atoms with van der Waals surface area (Å²) < 4.78 is 0. The summed E-state index contributed by atoms with van der Waals surface area (Å²) in [7, 11) is 0. The highest BCUT2D eigenvalue weighted by molar-refractivity contribution is 5.67. The zero-order chi connectivity index (χ0) is 9.97. The van der Waals surface area contributed by atoms with Gasteiger partial charge in [0.2, 0.25) is 0 Å². The maximum Gasteiger partial charge on any atom is 0.0600 e. The summed E-state index contributed by atoms with van der Waals surface area (Å²) in [6.07, 6.45) is 2.64. The zero-order valence-corrected chi connectivity index (χ0v) is 8.74. The molecule has 2 rings (SSSR count). The van der Waals surface area contributed by atoms with Gasteiger partial charge in [-0.3, -0.25) is 0 Å². The number of para-hydroxylation sites is 2. The van der Waals surface area contributed by atoms with Crippen molar-refractivity contribution < 1.29 is 0 Å². The van der Waals surface area contributed by atoms with Gasteiger partial charge < -0.3 is 10.6 Å². The van der Waals surface area contributed by atoms with Gasteiger partial charge in [0.15, 0.2) is 0 Å². The summed E-state index contributed by atoms with van der Waals surface area (Å²) in [4.78, 5) is 2.41. The van der Waals surface area contributed by atoms with Crippen LogP contribution in [0, 0.1) is 5.92 Å². The van der Waals surface area contributed by atoms with E-state index in [0.29, 0.717) is 0 Å². The summed E-state index contributed by atoms with van der Waals surface area (Å²) >= 11 is 0. The molecule has 1 aromatic carbocycles. The first-order valence-electron chi connectivity index (χ1n) is 5.37. The third kappa shape index (κ3) is 1.84. The minimum atomic E-state index is 0.795. The number of nitrogens with zero attached hydrogens (tertiary/aromatic N) is 1. The van der Waals surface area contributed by atoms with Gasteiger partial charge in [0.05, 0.1) is 11.4 Å². The van der Waals surface area contributed by atoms with E-state index in [1.807, 2.05) is 12.1 Å². The molecule has 1 fully saturated rings. The normalized spacial score (nSPS) is 22.4. The SMILES string of the molecule is CC1CCCN(c2ccccc2N)C1. The molecular formula is C12H18N2. The average Bonchev–Trinajstić information content (AvgIpc) is 2.18. The van der Waals surface area contributed by atoms with Crippen LogP contribution < -0.4 is 10.6 Å². The van der Waals surface area contributed by atoms with Crippen LogP contribution in [-0.2, 0) is 0 Å². The number of anilines is 2. The van der Waals surface area contributed by atoms with E-state index >= 15 is 0 Å². The monoisotopic (exact) mass is 190 g/mol. The van der Waals surface area contributed by atoms with E-state index in [0.717, 1.165) is 24.7 Å². The van der Waals surface area contributed by atoms with Crippen molar-refractivity contribution in [2.75, 3.05) is 23.7 Å². The van der Waals surface area contributed by atoms with Crippen LogP contribution in [0.2, 0.25) is 0 Å². The number of rotatable bonds is 1. The van der Waals surface area contributed by atoms with E-state index in [4.69, 9.17) is 5.73 Å². The minimum Gasteiger partial charge on any atom is -0.397 e. The Morgan fingerprint density at radius 2 is 2.14 bits per heavy atom. The first-order valence-corrected chi connectivity index (χ1v) is 5.37.